The molecule has 0 spiro atoms. The Labute approximate surface area is 140 Å². The van der Waals surface area contributed by atoms with Crippen molar-refractivity contribution in [3.63, 3.8) is 0 Å². The summed E-state index contributed by atoms with van der Waals surface area (Å²) in [6, 6.07) is 8.35. The van der Waals surface area contributed by atoms with Crippen molar-refractivity contribution in [3.8, 4) is 0 Å². The fraction of sp³-hybridized carbons (Fsp3) is 0.353. The van der Waals surface area contributed by atoms with Gasteiger partial charge in [0, 0.05) is 30.6 Å². The van der Waals surface area contributed by atoms with Crippen LogP contribution in [0.2, 0.25) is 0 Å². The number of hydrogen-bond acceptors (Lipinski definition) is 6. The van der Waals surface area contributed by atoms with E-state index in [4.69, 9.17) is 9.84 Å². The number of nitrogens with zero attached hydrogens (tertiary/aromatic N) is 2. The molecule has 1 unspecified atom stereocenters. The third-order valence-corrected chi connectivity index (χ3v) is 3.77. The highest BCUT2D eigenvalue weighted by molar-refractivity contribution is 5.88. The molecule has 0 bridgehead atoms. The smallest absolute Gasteiger partial charge is 0.335 e. The Morgan fingerprint density at radius 1 is 1.33 bits per heavy atom. The van der Waals surface area contributed by atoms with Crippen molar-refractivity contribution in [1.82, 2.24) is 9.97 Å². The molecule has 3 N–H and O–H groups in total. The van der Waals surface area contributed by atoms with E-state index in [-0.39, 0.29) is 11.7 Å². The molecule has 0 radical (unpaired) electrons. The van der Waals surface area contributed by atoms with Crippen LogP contribution in [0.25, 0.3) is 0 Å². The number of carboxylic acids is 1. The standard InChI is InChI=1S/C17H20N4O3/c1-11-9-15(20-13-6-4-12(5-7-13)16(22)23)21-17(19-11)18-10-14-3-2-8-24-14/h4-7,9,14H,2-3,8,10H2,1H3,(H,22,23)(H2,18,19,20,21). The molecule has 126 valence electrons. The fourth-order valence-electron chi connectivity index (χ4n) is 2.57. The van der Waals surface area contributed by atoms with E-state index in [1.807, 2.05) is 13.0 Å². The van der Waals surface area contributed by atoms with E-state index in [1.165, 1.54) is 0 Å². The monoisotopic (exact) mass is 328 g/mol. The molecule has 7 heteroatoms. The first-order valence-corrected chi connectivity index (χ1v) is 7.92. The van der Waals surface area contributed by atoms with Gasteiger partial charge in [-0.15, -0.1) is 0 Å². The number of carbonyl (C=O) groups is 1. The van der Waals surface area contributed by atoms with Crippen molar-refractivity contribution in [1.29, 1.82) is 0 Å². The number of aryl methyl sites for hydroxylation is 1. The summed E-state index contributed by atoms with van der Waals surface area (Å²) in [5.74, 6) is 0.260. The van der Waals surface area contributed by atoms with Gasteiger partial charge in [-0.1, -0.05) is 0 Å². The van der Waals surface area contributed by atoms with Gasteiger partial charge in [0.1, 0.15) is 5.82 Å². The number of rotatable bonds is 6. The second-order valence-electron chi connectivity index (χ2n) is 5.74. The van der Waals surface area contributed by atoms with Crippen molar-refractivity contribution in [3.05, 3.63) is 41.6 Å². The van der Waals surface area contributed by atoms with Crippen molar-refractivity contribution >= 4 is 23.4 Å². The Hall–Kier alpha value is -2.67. The average Bonchev–Trinajstić information content (AvgIpc) is 3.06. The van der Waals surface area contributed by atoms with Crippen LogP contribution in [0.3, 0.4) is 0 Å². The molecular formula is C17H20N4O3. The van der Waals surface area contributed by atoms with Crippen LogP contribution < -0.4 is 10.6 Å². The Bertz CT molecular complexity index is 712. The van der Waals surface area contributed by atoms with Crippen molar-refractivity contribution in [2.45, 2.75) is 25.9 Å². The topological polar surface area (TPSA) is 96.4 Å². The predicted octanol–water partition coefficient (Wildman–Crippen LogP) is 2.82. The third kappa shape index (κ3) is 4.20. The van der Waals surface area contributed by atoms with Gasteiger partial charge in [0.2, 0.25) is 5.95 Å². The van der Waals surface area contributed by atoms with Crippen LogP contribution in [0.4, 0.5) is 17.5 Å². The second kappa shape index (κ2) is 7.27. The van der Waals surface area contributed by atoms with Crippen LogP contribution in [0.5, 0.6) is 0 Å². The number of ether oxygens (including phenoxy) is 1. The molecule has 2 aromatic rings. The Kier molecular flexibility index (Phi) is 4.90. The summed E-state index contributed by atoms with van der Waals surface area (Å²) in [4.78, 5) is 19.7. The van der Waals surface area contributed by atoms with Crippen molar-refractivity contribution in [2.24, 2.45) is 0 Å². The highest BCUT2D eigenvalue weighted by atomic mass is 16.5. The first-order valence-electron chi connectivity index (χ1n) is 7.92. The lowest BCUT2D eigenvalue weighted by Gasteiger charge is -2.13. The van der Waals surface area contributed by atoms with E-state index < -0.39 is 5.97 Å². The molecule has 1 aromatic carbocycles. The average molecular weight is 328 g/mol. The van der Waals surface area contributed by atoms with Gasteiger partial charge in [-0.05, 0) is 44.0 Å². The van der Waals surface area contributed by atoms with Crippen molar-refractivity contribution < 1.29 is 14.6 Å². The Balaban J connectivity index is 1.67. The van der Waals surface area contributed by atoms with Gasteiger partial charge in [-0.3, -0.25) is 0 Å². The maximum absolute atomic E-state index is 10.9. The van der Waals surface area contributed by atoms with E-state index in [2.05, 4.69) is 20.6 Å². The maximum Gasteiger partial charge on any atom is 0.335 e. The Morgan fingerprint density at radius 3 is 2.79 bits per heavy atom. The third-order valence-electron chi connectivity index (χ3n) is 3.77. The lowest BCUT2D eigenvalue weighted by Crippen LogP contribution is -2.20. The zero-order valence-corrected chi connectivity index (χ0v) is 13.5. The molecule has 0 aliphatic carbocycles. The minimum atomic E-state index is -0.944. The van der Waals surface area contributed by atoms with Crippen LogP contribution in [-0.2, 0) is 4.74 Å². The zero-order valence-electron chi connectivity index (χ0n) is 13.5. The van der Waals surface area contributed by atoms with Gasteiger partial charge in [-0.25, -0.2) is 9.78 Å². The summed E-state index contributed by atoms with van der Waals surface area (Å²) in [5, 5.41) is 15.3. The molecule has 1 aliphatic heterocycles. The van der Waals surface area contributed by atoms with E-state index >= 15 is 0 Å². The normalized spacial score (nSPS) is 16.8. The minimum absolute atomic E-state index is 0.217. The molecule has 24 heavy (non-hydrogen) atoms. The molecule has 1 fully saturated rings. The number of carboxylic acid groups (broad SMARTS) is 1. The van der Waals surface area contributed by atoms with Crippen LogP contribution in [0, 0.1) is 6.92 Å². The largest absolute Gasteiger partial charge is 0.478 e. The molecule has 7 nitrogen and oxygen atoms in total. The predicted molar refractivity (Wildman–Crippen MR) is 90.9 cm³/mol. The van der Waals surface area contributed by atoms with Crippen LogP contribution in [0.15, 0.2) is 30.3 Å². The molecule has 1 atom stereocenters. The highest BCUT2D eigenvalue weighted by Crippen LogP contribution is 2.18. The van der Waals surface area contributed by atoms with Gasteiger partial charge < -0.3 is 20.5 Å². The van der Waals surface area contributed by atoms with Crippen molar-refractivity contribution in [2.75, 3.05) is 23.8 Å². The van der Waals surface area contributed by atoms with E-state index in [1.54, 1.807) is 24.3 Å². The lowest BCUT2D eigenvalue weighted by atomic mass is 10.2. The number of hydrogen-bond donors (Lipinski definition) is 3. The first kappa shape index (κ1) is 16.2. The molecule has 0 saturated carbocycles. The summed E-state index contributed by atoms with van der Waals surface area (Å²) in [6.45, 7) is 3.41. The molecule has 0 amide bonds. The second-order valence-corrected chi connectivity index (χ2v) is 5.74. The molecule has 1 aromatic heterocycles. The van der Waals surface area contributed by atoms with Crippen LogP contribution >= 0.6 is 0 Å². The van der Waals surface area contributed by atoms with Gasteiger partial charge in [0.15, 0.2) is 0 Å². The number of benzene rings is 1. The van der Waals surface area contributed by atoms with Gasteiger partial charge in [-0.2, -0.15) is 4.98 Å². The minimum Gasteiger partial charge on any atom is -0.478 e. The summed E-state index contributed by atoms with van der Waals surface area (Å²) < 4.78 is 5.58. The van der Waals surface area contributed by atoms with Gasteiger partial charge in [0.25, 0.3) is 0 Å². The quantitative estimate of drug-likeness (QED) is 0.750. The number of aromatic carboxylic acids is 1. The number of nitrogens with one attached hydrogen (secondary N) is 2. The van der Waals surface area contributed by atoms with Crippen LogP contribution in [0.1, 0.15) is 28.9 Å². The highest BCUT2D eigenvalue weighted by Gasteiger charge is 2.15. The first-order chi connectivity index (χ1) is 11.6. The number of aromatic nitrogens is 2. The Morgan fingerprint density at radius 2 is 2.12 bits per heavy atom. The molecule has 1 saturated heterocycles. The fourth-order valence-corrected chi connectivity index (χ4v) is 2.57. The molecule has 3 rings (SSSR count). The zero-order chi connectivity index (χ0) is 16.9. The van der Waals surface area contributed by atoms with E-state index in [0.717, 1.165) is 30.8 Å². The summed E-state index contributed by atoms with van der Waals surface area (Å²) >= 11 is 0. The molecule has 2 heterocycles. The van der Waals surface area contributed by atoms with Gasteiger partial charge in [0.05, 0.1) is 11.7 Å². The van der Waals surface area contributed by atoms with E-state index in [9.17, 15) is 4.79 Å². The summed E-state index contributed by atoms with van der Waals surface area (Å²) in [7, 11) is 0. The summed E-state index contributed by atoms with van der Waals surface area (Å²) in [5.41, 5.74) is 1.85. The van der Waals surface area contributed by atoms with E-state index in [0.29, 0.717) is 18.3 Å². The van der Waals surface area contributed by atoms with Crippen LogP contribution in [-0.4, -0.2) is 40.3 Å². The number of anilines is 3. The SMILES string of the molecule is Cc1cc(Nc2ccc(C(=O)O)cc2)nc(NCC2CCCO2)n1. The molecule has 1 aliphatic rings. The molecular weight excluding hydrogens is 308 g/mol. The maximum atomic E-state index is 10.9. The lowest BCUT2D eigenvalue weighted by molar-refractivity contribution is 0.0697. The van der Waals surface area contributed by atoms with Gasteiger partial charge >= 0.3 is 5.97 Å². The summed E-state index contributed by atoms with van der Waals surface area (Å²) in [6.07, 6.45) is 2.37.